The van der Waals surface area contributed by atoms with Gasteiger partial charge in [0.2, 0.25) is 0 Å². The highest BCUT2D eigenvalue weighted by Crippen LogP contribution is 2.12. The van der Waals surface area contributed by atoms with Crippen LogP contribution in [0.1, 0.15) is 34.1 Å². The quantitative estimate of drug-likeness (QED) is 0.534. The summed E-state index contributed by atoms with van der Waals surface area (Å²) < 4.78 is 10.8. The Hall–Kier alpha value is -0.260. The monoisotopic (exact) mass is 193 g/mol. The van der Waals surface area contributed by atoms with E-state index in [0.29, 0.717) is 0 Å². The van der Waals surface area contributed by atoms with Crippen molar-refractivity contribution in [2.24, 2.45) is 0 Å². The molecule has 0 radical (unpaired) electrons. The summed E-state index contributed by atoms with van der Waals surface area (Å²) >= 11 is -1.35. The van der Waals surface area contributed by atoms with Crippen LogP contribution in [0.4, 0.5) is 0 Å². The lowest BCUT2D eigenvalue weighted by atomic mass is 10.3. The van der Waals surface area contributed by atoms with Crippen LogP contribution in [-0.4, -0.2) is 15.3 Å². The van der Waals surface area contributed by atoms with Crippen molar-refractivity contribution < 1.29 is 14.2 Å². The fourth-order valence-electron chi connectivity index (χ4n) is 0.281. The summed E-state index contributed by atoms with van der Waals surface area (Å²) in [4.78, 5) is 17.3. The van der Waals surface area contributed by atoms with Gasteiger partial charge >= 0.3 is 5.97 Å². The molecule has 0 aliphatic carbocycles. The molecule has 0 rings (SSSR count). The van der Waals surface area contributed by atoms with Crippen molar-refractivity contribution in [1.82, 2.24) is 4.89 Å². The van der Waals surface area contributed by atoms with E-state index in [4.69, 9.17) is 0 Å². The van der Waals surface area contributed by atoms with Gasteiger partial charge in [-0.2, -0.15) is 0 Å². The Balaban J connectivity index is 3.72. The number of rotatable bonds is 3. The Morgan fingerprint density at radius 3 is 2.42 bits per heavy atom. The fourth-order valence-corrected chi connectivity index (χ4v) is 0.700. The third-order valence-electron chi connectivity index (χ3n) is 1.08. The first kappa shape index (κ1) is 11.7. The van der Waals surface area contributed by atoms with Gasteiger partial charge in [0.15, 0.2) is 0 Å². The van der Waals surface area contributed by atoms with E-state index in [1.54, 1.807) is 27.7 Å². The lowest BCUT2D eigenvalue weighted by Gasteiger charge is -2.21. The zero-order chi connectivity index (χ0) is 9.78. The minimum absolute atomic E-state index is 0.272. The molecule has 0 aromatic carbocycles. The first-order valence-corrected chi connectivity index (χ1v) is 4.90. The summed E-state index contributed by atoms with van der Waals surface area (Å²) in [7, 11) is 0. The molecular formula is C7H15NO3S. The third kappa shape index (κ3) is 4.58. The van der Waals surface area contributed by atoms with Gasteiger partial charge in [-0.3, -0.25) is 4.79 Å². The van der Waals surface area contributed by atoms with Crippen molar-refractivity contribution in [3.8, 4) is 0 Å². The lowest BCUT2D eigenvalue weighted by molar-refractivity contribution is -0.146. The van der Waals surface area contributed by atoms with E-state index in [9.17, 15) is 9.35 Å². The topological polar surface area (TPSA) is 61.4 Å². The van der Waals surface area contributed by atoms with Crippen LogP contribution < -0.4 is 4.89 Å². The summed E-state index contributed by atoms with van der Waals surface area (Å²) in [5.41, 5.74) is 0. The Morgan fingerprint density at radius 2 is 2.08 bits per heavy atom. The summed E-state index contributed by atoms with van der Waals surface area (Å²) in [6.07, 6.45) is 0.272. The van der Waals surface area contributed by atoms with Crippen LogP contribution in [0, 0.1) is 0 Å². The second kappa shape index (κ2) is 4.69. The highest BCUT2D eigenvalue weighted by molar-refractivity contribution is 7.90. The zero-order valence-corrected chi connectivity index (χ0v) is 8.66. The van der Waals surface area contributed by atoms with Gasteiger partial charge in [0.25, 0.3) is 0 Å². The van der Waals surface area contributed by atoms with E-state index in [1.165, 1.54) is 0 Å². The minimum atomic E-state index is -1.35. The largest absolute Gasteiger partial charge is 0.595 e. The molecule has 1 atom stereocenters. The van der Waals surface area contributed by atoms with Gasteiger partial charge in [0, 0.05) is 11.3 Å². The number of carbonyl (C=O) groups is 1. The van der Waals surface area contributed by atoms with Crippen LogP contribution in [0.5, 0.6) is 0 Å². The second-order valence-electron chi connectivity index (χ2n) is 3.29. The molecule has 0 bridgehead atoms. The molecule has 4 nitrogen and oxygen atoms in total. The Bertz CT molecular complexity index is 155. The maximum absolute atomic E-state index is 11.2. The normalized spacial score (nSPS) is 14.1. The molecule has 0 aliphatic rings. The van der Waals surface area contributed by atoms with E-state index in [1.807, 2.05) is 0 Å². The number of hydrogen-bond donors (Lipinski definition) is 1. The van der Waals surface area contributed by atoms with Gasteiger partial charge in [0.1, 0.15) is 4.75 Å². The Morgan fingerprint density at radius 1 is 1.58 bits per heavy atom. The lowest BCUT2D eigenvalue weighted by Crippen LogP contribution is -2.40. The van der Waals surface area contributed by atoms with Crippen molar-refractivity contribution in [2.75, 3.05) is 0 Å². The molecular weight excluding hydrogens is 178 g/mol. The predicted octanol–water partition coefficient (Wildman–Crippen LogP) is 0.906. The summed E-state index contributed by atoms with van der Waals surface area (Å²) in [6, 6.07) is 0. The number of carbonyl (C=O) groups excluding carboxylic acids is 1. The molecule has 0 saturated carbocycles. The number of hydrogen-bond acceptors (Lipinski definition) is 4. The number of nitrogens with one attached hydrogen (secondary N) is 1. The van der Waals surface area contributed by atoms with Crippen LogP contribution in [0.3, 0.4) is 0 Å². The molecule has 12 heavy (non-hydrogen) atoms. The third-order valence-corrected chi connectivity index (χ3v) is 2.42. The van der Waals surface area contributed by atoms with Crippen molar-refractivity contribution >= 4 is 17.3 Å². The first-order chi connectivity index (χ1) is 5.38. The van der Waals surface area contributed by atoms with Crippen LogP contribution in [0.25, 0.3) is 0 Å². The van der Waals surface area contributed by atoms with Crippen LogP contribution in [-0.2, 0) is 21.0 Å². The standard InChI is InChI=1S/C7H15NO3S/c1-5-6(9)11-8-12(10)7(2,3)4/h8H,5H2,1-4H3. The molecule has 0 saturated heterocycles. The van der Waals surface area contributed by atoms with Crippen LogP contribution in [0.2, 0.25) is 0 Å². The van der Waals surface area contributed by atoms with Gasteiger partial charge < -0.3 is 9.39 Å². The van der Waals surface area contributed by atoms with Gasteiger partial charge in [-0.15, -0.1) is 0 Å². The molecule has 0 amide bonds. The van der Waals surface area contributed by atoms with E-state index in [0.717, 1.165) is 0 Å². The molecule has 0 fully saturated rings. The predicted molar refractivity (Wildman–Crippen MR) is 47.4 cm³/mol. The average Bonchev–Trinajstić information content (AvgIpc) is 1.97. The van der Waals surface area contributed by atoms with Crippen LogP contribution in [0.15, 0.2) is 0 Å². The minimum Gasteiger partial charge on any atom is -0.595 e. The van der Waals surface area contributed by atoms with Crippen LogP contribution >= 0.6 is 0 Å². The Labute approximate surface area is 75.9 Å². The second-order valence-corrected chi connectivity index (χ2v) is 5.22. The summed E-state index contributed by atoms with van der Waals surface area (Å²) in [6.45, 7) is 7.03. The van der Waals surface area contributed by atoms with Gasteiger partial charge in [-0.1, -0.05) is 6.92 Å². The first-order valence-electron chi connectivity index (χ1n) is 3.75. The van der Waals surface area contributed by atoms with Gasteiger partial charge in [-0.05, 0) is 20.8 Å². The van der Waals surface area contributed by atoms with E-state index < -0.39 is 22.1 Å². The maximum Gasteiger partial charge on any atom is 0.329 e. The highest BCUT2D eigenvalue weighted by atomic mass is 32.2. The Kier molecular flexibility index (Phi) is 4.59. The summed E-state index contributed by atoms with van der Waals surface area (Å²) in [5.74, 6) is -0.410. The average molecular weight is 193 g/mol. The van der Waals surface area contributed by atoms with Crippen molar-refractivity contribution in [1.29, 1.82) is 0 Å². The molecule has 0 aromatic heterocycles. The zero-order valence-electron chi connectivity index (χ0n) is 7.84. The van der Waals surface area contributed by atoms with E-state index in [-0.39, 0.29) is 6.42 Å². The highest BCUT2D eigenvalue weighted by Gasteiger charge is 2.27. The molecule has 1 unspecified atom stereocenters. The van der Waals surface area contributed by atoms with Crippen molar-refractivity contribution in [2.45, 2.75) is 38.9 Å². The fraction of sp³-hybridized carbons (Fsp3) is 0.857. The molecule has 0 aromatic rings. The molecule has 1 N–H and O–H groups in total. The van der Waals surface area contributed by atoms with Crippen molar-refractivity contribution in [3.63, 3.8) is 0 Å². The molecule has 0 spiro atoms. The smallest absolute Gasteiger partial charge is 0.329 e. The summed E-state index contributed by atoms with van der Waals surface area (Å²) in [5, 5.41) is 0. The molecule has 0 heterocycles. The molecule has 72 valence electrons. The van der Waals surface area contributed by atoms with Gasteiger partial charge in [-0.25, -0.2) is 0 Å². The van der Waals surface area contributed by atoms with Crippen molar-refractivity contribution in [3.05, 3.63) is 0 Å². The maximum atomic E-state index is 11.2. The molecule has 0 aliphatic heterocycles. The SMILES string of the molecule is CCC(=O)ON[S+]([O-])C(C)(C)C. The van der Waals surface area contributed by atoms with E-state index >= 15 is 0 Å². The molecule has 5 heteroatoms. The van der Waals surface area contributed by atoms with E-state index in [2.05, 4.69) is 9.72 Å². The van der Waals surface area contributed by atoms with Gasteiger partial charge in [0.05, 0.1) is 11.4 Å².